The van der Waals surface area contributed by atoms with Gasteiger partial charge in [0.15, 0.2) is 10.9 Å². The molecule has 0 fully saturated rings. The Morgan fingerprint density at radius 3 is 2.55 bits per heavy atom. The Morgan fingerprint density at radius 2 is 1.90 bits per heavy atom. The van der Waals surface area contributed by atoms with Crippen LogP contribution in [0.25, 0.3) is 0 Å². The SMILES string of the molecule is COc1cc(C)ccc1C(=O)CSc1ncc(C)cn1. The van der Waals surface area contributed by atoms with Crippen LogP contribution in [0, 0.1) is 13.8 Å². The first-order chi connectivity index (χ1) is 9.60. The van der Waals surface area contributed by atoms with Gasteiger partial charge in [0.1, 0.15) is 5.75 Å². The van der Waals surface area contributed by atoms with E-state index in [1.807, 2.05) is 26.0 Å². The lowest BCUT2D eigenvalue weighted by Gasteiger charge is -2.08. The van der Waals surface area contributed by atoms with Crippen LogP contribution in [0.2, 0.25) is 0 Å². The summed E-state index contributed by atoms with van der Waals surface area (Å²) in [7, 11) is 1.57. The number of methoxy groups -OCH3 is 1. The molecule has 0 spiro atoms. The number of aromatic nitrogens is 2. The number of Topliss-reactive ketones (excluding diaryl/α,β-unsaturated/α-hetero) is 1. The summed E-state index contributed by atoms with van der Waals surface area (Å²) >= 11 is 1.33. The molecule has 4 nitrogen and oxygen atoms in total. The van der Waals surface area contributed by atoms with Gasteiger partial charge < -0.3 is 4.74 Å². The van der Waals surface area contributed by atoms with Gasteiger partial charge in [-0.2, -0.15) is 0 Å². The van der Waals surface area contributed by atoms with Crippen LogP contribution in [0.4, 0.5) is 0 Å². The van der Waals surface area contributed by atoms with E-state index in [9.17, 15) is 4.79 Å². The number of hydrogen-bond donors (Lipinski definition) is 0. The van der Waals surface area contributed by atoms with E-state index in [1.54, 1.807) is 25.6 Å². The van der Waals surface area contributed by atoms with E-state index in [-0.39, 0.29) is 5.78 Å². The van der Waals surface area contributed by atoms with Gasteiger partial charge in [-0.3, -0.25) is 4.79 Å². The van der Waals surface area contributed by atoms with Crippen LogP contribution in [0.5, 0.6) is 5.75 Å². The van der Waals surface area contributed by atoms with Crippen LogP contribution < -0.4 is 4.74 Å². The average molecular weight is 288 g/mol. The van der Waals surface area contributed by atoms with E-state index < -0.39 is 0 Å². The Labute approximate surface area is 122 Å². The summed E-state index contributed by atoms with van der Waals surface area (Å²) in [5.74, 6) is 0.916. The van der Waals surface area contributed by atoms with E-state index in [1.165, 1.54) is 11.8 Å². The Morgan fingerprint density at radius 1 is 1.20 bits per heavy atom. The van der Waals surface area contributed by atoms with E-state index in [0.29, 0.717) is 22.2 Å². The van der Waals surface area contributed by atoms with Gasteiger partial charge >= 0.3 is 0 Å². The maximum absolute atomic E-state index is 12.2. The zero-order chi connectivity index (χ0) is 14.5. The summed E-state index contributed by atoms with van der Waals surface area (Å²) in [5.41, 5.74) is 2.66. The second-order valence-corrected chi connectivity index (χ2v) is 5.40. The highest BCUT2D eigenvalue weighted by Gasteiger charge is 2.13. The van der Waals surface area contributed by atoms with Crippen molar-refractivity contribution in [2.24, 2.45) is 0 Å². The van der Waals surface area contributed by atoms with Crippen molar-refractivity contribution in [1.82, 2.24) is 9.97 Å². The van der Waals surface area contributed by atoms with Crippen LogP contribution in [0.3, 0.4) is 0 Å². The molecule has 1 heterocycles. The van der Waals surface area contributed by atoms with Crippen molar-refractivity contribution in [3.8, 4) is 5.75 Å². The largest absolute Gasteiger partial charge is 0.496 e. The zero-order valence-corrected chi connectivity index (χ0v) is 12.5. The molecular formula is C15H16N2O2S. The molecule has 5 heteroatoms. The minimum atomic E-state index is 0.0102. The van der Waals surface area contributed by atoms with Crippen LogP contribution >= 0.6 is 11.8 Å². The second kappa shape index (κ2) is 6.52. The first kappa shape index (κ1) is 14.5. The summed E-state index contributed by atoms with van der Waals surface area (Å²) in [6, 6.07) is 5.57. The highest BCUT2D eigenvalue weighted by atomic mass is 32.2. The lowest BCUT2D eigenvalue weighted by molar-refractivity contribution is 0.101. The molecule has 0 aliphatic carbocycles. The Kier molecular flexibility index (Phi) is 4.74. The molecule has 0 aliphatic heterocycles. The third-order valence-electron chi connectivity index (χ3n) is 2.75. The summed E-state index contributed by atoms with van der Waals surface area (Å²) in [5, 5.41) is 0.607. The lowest BCUT2D eigenvalue weighted by atomic mass is 10.1. The molecule has 0 bridgehead atoms. The van der Waals surface area contributed by atoms with Crippen LogP contribution in [0.1, 0.15) is 21.5 Å². The van der Waals surface area contributed by atoms with Crippen molar-refractivity contribution in [2.75, 3.05) is 12.9 Å². The third-order valence-corrected chi connectivity index (χ3v) is 3.62. The number of carbonyl (C=O) groups excluding carboxylic acids is 1. The van der Waals surface area contributed by atoms with Gasteiger partial charge in [-0.15, -0.1) is 0 Å². The van der Waals surface area contributed by atoms with Gasteiger partial charge in [0.05, 0.1) is 18.4 Å². The van der Waals surface area contributed by atoms with Crippen molar-refractivity contribution in [1.29, 1.82) is 0 Å². The maximum Gasteiger partial charge on any atom is 0.187 e. The van der Waals surface area contributed by atoms with Gasteiger partial charge in [0, 0.05) is 12.4 Å². The number of nitrogens with zero attached hydrogens (tertiary/aromatic N) is 2. The molecule has 20 heavy (non-hydrogen) atoms. The minimum absolute atomic E-state index is 0.0102. The van der Waals surface area contributed by atoms with E-state index >= 15 is 0 Å². The molecule has 0 saturated heterocycles. The first-order valence-corrected chi connectivity index (χ1v) is 7.18. The molecule has 0 saturated carbocycles. The van der Waals surface area contributed by atoms with Crippen molar-refractivity contribution in [3.05, 3.63) is 47.3 Å². The summed E-state index contributed by atoms with van der Waals surface area (Å²) in [4.78, 5) is 20.6. The fraction of sp³-hybridized carbons (Fsp3) is 0.267. The van der Waals surface area contributed by atoms with Crippen LogP contribution in [0.15, 0.2) is 35.7 Å². The van der Waals surface area contributed by atoms with Gasteiger partial charge in [-0.05, 0) is 37.1 Å². The fourth-order valence-corrected chi connectivity index (χ4v) is 2.36. The summed E-state index contributed by atoms with van der Waals surface area (Å²) in [6.07, 6.45) is 3.48. The molecule has 1 aromatic heterocycles. The van der Waals surface area contributed by atoms with Gasteiger partial charge in [0.25, 0.3) is 0 Å². The molecule has 0 amide bonds. The van der Waals surface area contributed by atoms with Gasteiger partial charge in [-0.1, -0.05) is 17.8 Å². The number of thioether (sulfide) groups is 1. The quantitative estimate of drug-likeness (QED) is 0.481. The van der Waals surface area contributed by atoms with E-state index in [2.05, 4.69) is 9.97 Å². The van der Waals surface area contributed by atoms with Crippen LogP contribution in [-0.4, -0.2) is 28.6 Å². The van der Waals surface area contributed by atoms with Crippen molar-refractivity contribution in [3.63, 3.8) is 0 Å². The number of ketones is 1. The number of ether oxygens (including phenoxy) is 1. The topological polar surface area (TPSA) is 52.1 Å². The third kappa shape index (κ3) is 3.57. The smallest absolute Gasteiger partial charge is 0.187 e. The standard InChI is InChI=1S/C15H16N2O2S/c1-10-4-5-12(14(6-10)19-3)13(18)9-20-15-16-7-11(2)8-17-15/h4-8H,9H2,1-3H3. The first-order valence-electron chi connectivity index (χ1n) is 6.19. The summed E-state index contributed by atoms with van der Waals surface area (Å²) < 4.78 is 5.25. The fourth-order valence-electron chi connectivity index (χ4n) is 1.69. The normalized spacial score (nSPS) is 10.3. The molecule has 0 aliphatic rings. The van der Waals surface area contributed by atoms with Crippen molar-refractivity contribution in [2.45, 2.75) is 19.0 Å². The molecule has 1 aromatic carbocycles. The minimum Gasteiger partial charge on any atom is -0.496 e. The number of rotatable bonds is 5. The molecule has 0 atom stereocenters. The predicted molar refractivity (Wildman–Crippen MR) is 79.6 cm³/mol. The Bertz CT molecular complexity index is 612. The van der Waals surface area contributed by atoms with E-state index in [0.717, 1.165) is 11.1 Å². The molecule has 2 rings (SSSR count). The Balaban J connectivity index is 2.07. The maximum atomic E-state index is 12.2. The number of aryl methyl sites for hydroxylation is 2. The molecule has 0 radical (unpaired) electrons. The highest BCUT2D eigenvalue weighted by molar-refractivity contribution is 7.99. The van der Waals surface area contributed by atoms with E-state index in [4.69, 9.17) is 4.74 Å². The lowest BCUT2D eigenvalue weighted by Crippen LogP contribution is -2.05. The molecular weight excluding hydrogens is 272 g/mol. The monoisotopic (exact) mass is 288 g/mol. The number of hydrogen-bond acceptors (Lipinski definition) is 5. The number of carbonyl (C=O) groups is 1. The average Bonchev–Trinajstić information content (AvgIpc) is 2.46. The van der Waals surface area contributed by atoms with Crippen molar-refractivity contribution >= 4 is 17.5 Å². The molecule has 2 aromatic rings. The summed E-state index contributed by atoms with van der Waals surface area (Å²) in [6.45, 7) is 3.89. The van der Waals surface area contributed by atoms with Gasteiger partial charge in [-0.25, -0.2) is 9.97 Å². The van der Waals surface area contributed by atoms with Crippen molar-refractivity contribution < 1.29 is 9.53 Å². The predicted octanol–water partition coefficient (Wildman–Crippen LogP) is 3.08. The van der Waals surface area contributed by atoms with Crippen LogP contribution in [-0.2, 0) is 0 Å². The Hall–Kier alpha value is -1.88. The number of benzene rings is 1. The van der Waals surface area contributed by atoms with Gasteiger partial charge in [0.2, 0.25) is 0 Å². The zero-order valence-electron chi connectivity index (χ0n) is 11.7. The highest BCUT2D eigenvalue weighted by Crippen LogP contribution is 2.23. The molecule has 104 valence electrons. The molecule has 0 unspecified atom stereocenters. The second-order valence-electron chi connectivity index (χ2n) is 4.46. The molecule has 0 N–H and O–H groups in total.